The number of carbonyl (C=O) groups is 4. The number of anilines is 1. The summed E-state index contributed by atoms with van der Waals surface area (Å²) in [6.07, 6.45) is 3.59. The molecule has 4 heterocycles. The minimum absolute atomic E-state index is 0. The predicted molar refractivity (Wildman–Crippen MR) is 139 cm³/mol. The lowest BCUT2D eigenvalue weighted by Crippen LogP contribution is -3.00. The first kappa shape index (κ1) is 31.8. The van der Waals surface area contributed by atoms with E-state index in [4.69, 9.17) is 10.6 Å². The molecule has 2 amide bonds. The standard InChI is InChI=1S/C22H22N6O7S2.2ClH/c1-22(2,20(33)34)35-26-13(12-10-37-21(23)24-12)16(29)25-14-17(30)28-15(19(31)32)11(9-36-18(14)28)8-27-6-4-3-5-7-27;;/h3-7,10,14,18H,8-9H2,1-2H3,(H4-,23,24,25,29,31,32,33,34);2*1H/b26-13+;;. The van der Waals surface area contributed by atoms with Crippen LogP contribution < -0.4 is 28.0 Å². The second-order valence-corrected chi connectivity index (χ2v) is 10.6. The SMILES string of the molecule is CC(C)(O/N=C(/C(=O)NC1C(=O)N2C(C(=O)O)=C(C[n+]3ccccc3)CSC12)c1csc(N)n1)C(=O)O.Cl.[Cl-]. The number of nitrogens with two attached hydrogens (primary N) is 1. The Morgan fingerprint density at radius 1 is 1.28 bits per heavy atom. The minimum atomic E-state index is -1.75. The Labute approximate surface area is 242 Å². The lowest BCUT2D eigenvalue weighted by atomic mass is 10.0. The summed E-state index contributed by atoms with van der Waals surface area (Å²) in [7, 11) is 0. The van der Waals surface area contributed by atoms with Crippen molar-refractivity contribution in [2.24, 2.45) is 5.16 Å². The number of aliphatic carboxylic acids is 2. The first-order valence-corrected chi connectivity index (χ1v) is 12.8. The van der Waals surface area contributed by atoms with E-state index in [9.17, 15) is 29.4 Å². The molecule has 0 radical (unpaired) electrons. The molecule has 39 heavy (non-hydrogen) atoms. The van der Waals surface area contributed by atoms with E-state index in [2.05, 4.69) is 15.5 Å². The van der Waals surface area contributed by atoms with Crippen LogP contribution in [0.15, 0.2) is 52.4 Å². The first-order valence-electron chi connectivity index (χ1n) is 10.9. The number of oxime groups is 1. The van der Waals surface area contributed by atoms with Crippen LogP contribution in [0.25, 0.3) is 0 Å². The zero-order chi connectivity index (χ0) is 26.9. The molecule has 210 valence electrons. The second-order valence-electron chi connectivity index (χ2n) is 8.58. The van der Waals surface area contributed by atoms with Crippen LogP contribution in [0.1, 0.15) is 19.5 Å². The van der Waals surface area contributed by atoms with Crippen LogP contribution in [0.5, 0.6) is 0 Å². The van der Waals surface area contributed by atoms with Gasteiger partial charge >= 0.3 is 11.9 Å². The van der Waals surface area contributed by atoms with E-state index in [1.807, 2.05) is 22.8 Å². The van der Waals surface area contributed by atoms with Gasteiger partial charge in [0.25, 0.3) is 11.8 Å². The average Bonchev–Trinajstić information content (AvgIpc) is 3.28. The van der Waals surface area contributed by atoms with Gasteiger partial charge in [0.15, 0.2) is 29.8 Å². The summed E-state index contributed by atoms with van der Waals surface area (Å²) in [4.78, 5) is 59.9. The number of amides is 2. The van der Waals surface area contributed by atoms with Gasteiger partial charge in [0, 0.05) is 28.8 Å². The fourth-order valence-corrected chi connectivity index (χ4v) is 5.46. The van der Waals surface area contributed by atoms with Crippen LogP contribution in [0, 0.1) is 0 Å². The van der Waals surface area contributed by atoms with Gasteiger partial charge in [-0.15, -0.1) is 35.5 Å². The molecule has 0 saturated carbocycles. The number of thiazole rings is 1. The summed E-state index contributed by atoms with van der Waals surface area (Å²) in [5, 5.41) is 26.3. The molecule has 17 heteroatoms. The van der Waals surface area contributed by atoms with Crippen molar-refractivity contribution in [2.45, 2.75) is 37.4 Å². The highest BCUT2D eigenvalue weighted by atomic mass is 35.5. The van der Waals surface area contributed by atoms with E-state index in [0.717, 1.165) is 11.3 Å². The highest BCUT2D eigenvalue weighted by Crippen LogP contribution is 2.40. The third kappa shape index (κ3) is 6.61. The van der Waals surface area contributed by atoms with Gasteiger partial charge in [-0.1, -0.05) is 11.2 Å². The summed E-state index contributed by atoms with van der Waals surface area (Å²) in [5.74, 6) is -3.66. The van der Waals surface area contributed by atoms with Crippen molar-refractivity contribution in [1.82, 2.24) is 15.2 Å². The van der Waals surface area contributed by atoms with Crippen molar-refractivity contribution in [1.29, 1.82) is 0 Å². The quantitative estimate of drug-likeness (QED) is 0.101. The number of nitrogen functional groups attached to an aromatic ring is 1. The van der Waals surface area contributed by atoms with E-state index >= 15 is 0 Å². The van der Waals surface area contributed by atoms with Gasteiger partial charge < -0.3 is 38.5 Å². The Balaban J connectivity index is 0.00000267. The van der Waals surface area contributed by atoms with Gasteiger partial charge in [0.1, 0.15) is 22.8 Å². The van der Waals surface area contributed by atoms with Crippen LogP contribution in [0.2, 0.25) is 0 Å². The largest absolute Gasteiger partial charge is 1.00 e. The highest BCUT2D eigenvalue weighted by molar-refractivity contribution is 8.00. The summed E-state index contributed by atoms with van der Waals surface area (Å²) in [6, 6.07) is 4.44. The number of hydrogen-bond acceptors (Lipinski definition) is 10. The minimum Gasteiger partial charge on any atom is -1.00 e. The van der Waals surface area contributed by atoms with Crippen LogP contribution in [0.4, 0.5) is 5.13 Å². The zero-order valence-electron chi connectivity index (χ0n) is 20.4. The predicted octanol–water partition coefficient (Wildman–Crippen LogP) is -2.54. The summed E-state index contributed by atoms with van der Waals surface area (Å²) < 4.78 is 1.81. The van der Waals surface area contributed by atoms with E-state index in [1.165, 1.54) is 35.9 Å². The van der Waals surface area contributed by atoms with Gasteiger partial charge in [-0.3, -0.25) is 14.5 Å². The van der Waals surface area contributed by atoms with Crippen molar-refractivity contribution in [2.75, 3.05) is 11.5 Å². The molecule has 5 N–H and O–H groups in total. The normalized spacial score (nSPS) is 18.7. The molecule has 0 aromatic carbocycles. The maximum atomic E-state index is 13.1. The van der Waals surface area contributed by atoms with Gasteiger partial charge in [-0.2, -0.15) is 0 Å². The number of nitrogens with one attached hydrogen (secondary N) is 1. The Hall–Kier alpha value is -3.40. The third-order valence-corrected chi connectivity index (χ3v) is 7.56. The lowest BCUT2D eigenvalue weighted by Gasteiger charge is -2.49. The molecule has 13 nitrogen and oxygen atoms in total. The number of thioether (sulfide) groups is 1. The van der Waals surface area contributed by atoms with E-state index in [1.54, 1.807) is 12.4 Å². The van der Waals surface area contributed by atoms with Gasteiger partial charge in [0.05, 0.1) is 0 Å². The smallest absolute Gasteiger partial charge is 0.352 e. The number of pyridine rings is 1. The van der Waals surface area contributed by atoms with Crippen molar-refractivity contribution in [3.63, 3.8) is 0 Å². The third-order valence-electron chi connectivity index (χ3n) is 5.55. The average molecular weight is 620 g/mol. The fourth-order valence-electron chi connectivity index (χ4n) is 3.57. The number of carboxylic acids is 2. The monoisotopic (exact) mass is 618 g/mol. The van der Waals surface area contributed by atoms with Crippen molar-refractivity contribution in [3.8, 4) is 0 Å². The molecule has 0 bridgehead atoms. The Morgan fingerprint density at radius 3 is 2.51 bits per heavy atom. The molecule has 1 fully saturated rings. The molecular weight excluding hydrogens is 595 g/mol. The number of aromatic nitrogens is 2. The van der Waals surface area contributed by atoms with Crippen molar-refractivity contribution < 1.29 is 51.2 Å². The molecule has 2 aliphatic heterocycles. The molecule has 4 rings (SSSR count). The van der Waals surface area contributed by atoms with Crippen LogP contribution >= 0.6 is 35.5 Å². The number of β-lactam (4-membered cyclic amide) rings is 1. The summed E-state index contributed by atoms with van der Waals surface area (Å²) in [5.41, 5.74) is 4.04. The van der Waals surface area contributed by atoms with E-state index in [-0.39, 0.29) is 47.0 Å². The molecule has 2 aromatic heterocycles. The second kappa shape index (κ2) is 12.6. The number of nitrogens with zero attached hydrogens (tertiary/aromatic N) is 4. The van der Waals surface area contributed by atoms with E-state index < -0.39 is 40.8 Å². The number of carbonyl (C=O) groups excluding carboxylic acids is 2. The Kier molecular flexibility index (Phi) is 10.3. The molecule has 0 spiro atoms. The van der Waals surface area contributed by atoms with Gasteiger partial charge in [0.2, 0.25) is 5.60 Å². The Bertz CT molecular complexity index is 1340. The molecule has 1 saturated heterocycles. The molecule has 0 aliphatic carbocycles. The summed E-state index contributed by atoms with van der Waals surface area (Å²) >= 11 is 2.35. The number of hydrogen-bond donors (Lipinski definition) is 4. The maximum absolute atomic E-state index is 13.1. The van der Waals surface area contributed by atoms with Gasteiger partial charge in [-0.25, -0.2) is 19.1 Å². The van der Waals surface area contributed by atoms with Crippen LogP contribution in [-0.4, -0.2) is 72.3 Å². The van der Waals surface area contributed by atoms with Crippen molar-refractivity contribution in [3.05, 3.63) is 52.9 Å². The number of fused-ring (bicyclic) bond motifs is 1. The molecule has 2 aliphatic rings. The zero-order valence-corrected chi connectivity index (χ0v) is 23.6. The molecule has 2 aromatic rings. The van der Waals surface area contributed by atoms with Crippen LogP contribution in [0.3, 0.4) is 0 Å². The van der Waals surface area contributed by atoms with Crippen molar-refractivity contribution >= 4 is 70.1 Å². The Morgan fingerprint density at radius 2 is 1.95 bits per heavy atom. The molecule has 2 unspecified atom stereocenters. The lowest BCUT2D eigenvalue weighted by molar-refractivity contribution is -0.689. The van der Waals surface area contributed by atoms with E-state index in [0.29, 0.717) is 17.9 Å². The number of rotatable bonds is 9. The van der Waals surface area contributed by atoms with Crippen LogP contribution in [-0.2, 0) is 30.6 Å². The van der Waals surface area contributed by atoms with Gasteiger partial charge in [-0.05, 0) is 13.8 Å². The molecular formula is C22H24Cl2N6O7S2. The molecule has 2 atom stereocenters. The number of halogens is 2. The topological polar surface area (TPSA) is 188 Å². The first-order chi connectivity index (χ1) is 17.5. The highest BCUT2D eigenvalue weighted by Gasteiger charge is 2.54. The maximum Gasteiger partial charge on any atom is 0.352 e. The summed E-state index contributed by atoms with van der Waals surface area (Å²) in [6.45, 7) is 2.80. The fraction of sp³-hybridized carbons (Fsp3) is 0.318. The number of carboxylic acid groups (broad SMARTS) is 2.